The molecule has 2 aromatic heterocycles. The third-order valence-corrected chi connectivity index (χ3v) is 3.04. The van der Waals surface area contributed by atoms with Crippen LogP contribution in [0, 0.1) is 6.92 Å². The molecule has 2 heterocycles. The molecule has 8 heteroatoms. The van der Waals surface area contributed by atoms with Crippen molar-refractivity contribution in [1.82, 2.24) is 19.6 Å². The lowest BCUT2D eigenvalue weighted by atomic mass is 10.2. The van der Waals surface area contributed by atoms with Crippen LogP contribution in [0.25, 0.3) is 5.78 Å². The molecular formula is C14H12N6O2. The number of benzene rings is 1. The Labute approximate surface area is 125 Å². The van der Waals surface area contributed by atoms with Crippen LogP contribution >= 0.6 is 0 Å². The van der Waals surface area contributed by atoms with Gasteiger partial charge in [0.15, 0.2) is 0 Å². The molecule has 3 N–H and O–H groups in total. The summed E-state index contributed by atoms with van der Waals surface area (Å²) >= 11 is 0. The normalized spacial score (nSPS) is 10.6. The molecule has 0 aliphatic heterocycles. The maximum Gasteiger partial charge on any atom is 0.295 e. The smallest absolute Gasteiger partial charge is 0.295 e. The van der Waals surface area contributed by atoms with Gasteiger partial charge in [-0.3, -0.25) is 9.59 Å². The summed E-state index contributed by atoms with van der Waals surface area (Å²) < 4.78 is 1.48. The van der Waals surface area contributed by atoms with Crippen LogP contribution in [0.3, 0.4) is 0 Å². The molecule has 1 aromatic carbocycles. The van der Waals surface area contributed by atoms with Gasteiger partial charge in [-0.15, -0.1) is 5.10 Å². The van der Waals surface area contributed by atoms with Crippen molar-refractivity contribution >= 4 is 23.3 Å². The molecule has 0 unspecified atom stereocenters. The predicted molar refractivity (Wildman–Crippen MR) is 78.4 cm³/mol. The highest BCUT2D eigenvalue weighted by Gasteiger charge is 2.15. The van der Waals surface area contributed by atoms with Crippen molar-refractivity contribution in [3.05, 3.63) is 53.6 Å². The van der Waals surface area contributed by atoms with Crippen LogP contribution < -0.4 is 11.1 Å². The molecule has 0 bridgehead atoms. The lowest BCUT2D eigenvalue weighted by molar-refractivity contribution is 0.0994. The van der Waals surface area contributed by atoms with E-state index in [0.29, 0.717) is 17.0 Å². The van der Waals surface area contributed by atoms with E-state index in [1.807, 2.05) is 6.92 Å². The van der Waals surface area contributed by atoms with Crippen molar-refractivity contribution in [3.8, 4) is 0 Å². The van der Waals surface area contributed by atoms with E-state index in [9.17, 15) is 9.59 Å². The van der Waals surface area contributed by atoms with Crippen LogP contribution in [0.4, 0.5) is 5.69 Å². The number of amides is 2. The second-order valence-corrected chi connectivity index (χ2v) is 4.63. The zero-order chi connectivity index (χ0) is 15.7. The highest BCUT2D eigenvalue weighted by molar-refractivity contribution is 6.02. The molecule has 0 radical (unpaired) electrons. The van der Waals surface area contributed by atoms with Gasteiger partial charge in [0.05, 0.1) is 0 Å². The lowest BCUT2D eigenvalue weighted by Crippen LogP contribution is -2.15. The van der Waals surface area contributed by atoms with Gasteiger partial charge in [-0.05, 0) is 31.2 Å². The largest absolute Gasteiger partial charge is 0.366 e. The van der Waals surface area contributed by atoms with Gasteiger partial charge in [-0.1, -0.05) is 6.07 Å². The SMILES string of the molecule is Cc1ccnc2nc(C(=O)Nc3cccc(C(N)=O)c3)nn12. The molecule has 0 atom stereocenters. The van der Waals surface area contributed by atoms with Gasteiger partial charge in [0.1, 0.15) is 0 Å². The number of nitrogens with one attached hydrogen (secondary N) is 1. The Kier molecular flexibility index (Phi) is 3.26. The van der Waals surface area contributed by atoms with E-state index in [2.05, 4.69) is 20.4 Å². The van der Waals surface area contributed by atoms with Gasteiger partial charge in [-0.25, -0.2) is 9.50 Å². The molecule has 0 fully saturated rings. The van der Waals surface area contributed by atoms with Gasteiger partial charge in [-0.2, -0.15) is 4.98 Å². The van der Waals surface area contributed by atoms with Crippen molar-refractivity contribution in [1.29, 1.82) is 0 Å². The maximum atomic E-state index is 12.2. The summed E-state index contributed by atoms with van der Waals surface area (Å²) in [6, 6.07) is 8.08. The van der Waals surface area contributed by atoms with Gasteiger partial charge in [0, 0.05) is 23.1 Å². The number of nitrogens with zero attached hydrogens (tertiary/aromatic N) is 4. The molecule has 0 aliphatic carbocycles. The molecule has 0 spiro atoms. The Morgan fingerprint density at radius 3 is 2.82 bits per heavy atom. The molecule has 2 amide bonds. The number of anilines is 1. The first-order valence-corrected chi connectivity index (χ1v) is 6.44. The summed E-state index contributed by atoms with van der Waals surface area (Å²) in [5.74, 6) is -0.726. The van der Waals surface area contributed by atoms with E-state index >= 15 is 0 Å². The number of aryl methyl sites for hydroxylation is 1. The first-order valence-electron chi connectivity index (χ1n) is 6.44. The predicted octanol–water partition coefficient (Wildman–Crippen LogP) is 0.784. The number of hydrogen-bond donors (Lipinski definition) is 2. The topological polar surface area (TPSA) is 115 Å². The monoisotopic (exact) mass is 296 g/mol. The molecule has 8 nitrogen and oxygen atoms in total. The van der Waals surface area contributed by atoms with Crippen LogP contribution in [0.2, 0.25) is 0 Å². The molecule has 22 heavy (non-hydrogen) atoms. The fourth-order valence-corrected chi connectivity index (χ4v) is 1.94. The van der Waals surface area contributed by atoms with Crippen molar-refractivity contribution in [2.24, 2.45) is 5.73 Å². The highest BCUT2D eigenvalue weighted by Crippen LogP contribution is 2.11. The minimum absolute atomic E-state index is 0.00808. The number of fused-ring (bicyclic) bond motifs is 1. The Bertz CT molecular complexity index is 886. The van der Waals surface area contributed by atoms with Crippen molar-refractivity contribution in [2.45, 2.75) is 6.92 Å². The average molecular weight is 296 g/mol. The Morgan fingerprint density at radius 1 is 1.27 bits per heavy atom. The summed E-state index contributed by atoms with van der Waals surface area (Å²) in [6.45, 7) is 1.83. The van der Waals surface area contributed by atoms with E-state index in [1.165, 1.54) is 10.6 Å². The maximum absolute atomic E-state index is 12.2. The lowest BCUT2D eigenvalue weighted by Gasteiger charge is -2.03. The molecule has 3 aromatic rings. The van der Waals surface area contributed by atoms with E-state index in [0.717, 1.165) is 5.69 Å². The zero-order valence-corrected chi connectivity index (χ0v) is 11.6. The molecule has 0 aliphatic rings. The van der Waals surface area contributed by atoms with Crippen LogP contribution in [0.15, 0.2) is 36.5 Å². The fourth-order valence-electron chi connectivity index (χ4n) is 1.94. The van der Waals surface area contributed by atoms with Gasteiger partial charge >= 0.3 is 0 Å². The van der Waals surface area contributed by atoms with Crippen LogP contribution in [-0.2, 0) is 0 Å². The summed E-state index contributed by atoms with van der Waals surface area (Å²) in [5.41, 5.74) is 6.76. The number of carbonyl (C=O) groups excluding carboxylic acids is 2. The van der Waals surface area contributed by atoms with Gasteiger partial charge in [0.25, 0.3) is 11.7 Å². The molecule has 3 rings (SSSR count). The second-order valence-electron chi connectivity index (χ2n) is 4.63. The number of aromatic nitrogens is 4. The molecule has 0 saturated carbocycles. The minimum Gasteiger partial charge on any atom is -0.366 e. The highest BCUT2D eigenvalue weighted by atomic mass is 16.2. The number of primary amides is 1. The summed E-state index contributed by atoms with van der Waals surface area (Å²) in [6.07, 6.45) is 1.59. The van der Waals surface area contributed by atoms with E-state index < -0.39 is 11.8 Å². The first-order chi connectivity index (χ1) is 10.5. The average Bonchev–Trinajstić information content (AvgIpc) is 2.93. The standard InChI is InChI=1S/C14H12N6O2/c1-8-5-6-16-14-18-12(19-20(8)14)13(22)17-10-4-2-3-9(7-10)11(15)21/h2-7H,1H3,(H2,15,21)(H,17,22). The fraction of sp³-hybridized carbons (Fsp3) is 0.0714. The van der Waals surface area contributed by atoms with Crippen molar-refractivity contribution in [2.75, 3.05) is 5.32 Å². The summed E-state index contributed by atoms with van der Waals surface area (Å²) in [7, 11) is 0. The van der Waals surface area contributed by atoms with Crippen LogP contribution in [-0.4, -0.2) is 31.4 Å². The molecule has 0 saturated heterocycles. The van der Waals surface area contributed by atoms with Gasteiger partial charge < -0.3 is 11.1 Å². The quantitative estimate of drug-likeness (QED) is 0.741. The van der Waals surface area contributed by atoms with E-state index in [1.54, 1.807) is 30.5 Å². The van der Waals surface area contributed by atoms with Crippen LogP contribution in [0.5, 0.6) is 0 Å². The zero-order valence-electron chi connectivity index (χ0n) is 11.6. The van der Waals surface area contributed by atoms with Crippen LogP contribution in [0.1, 0.15) is 26.7 Å². The van der Waals surface area contributed by atoms with Crippen molar-refractivity contribution < 1.29 is 9.59 Å². The molecular weight excluding hydrogens is 284 g/mol. The third-order valence-electron chi connectivity index (χ3n) is 3.04. The number of rotatable bonds is 3. The Balaban J connectivity index is 1.88. The number of nitrogens with two attached hydrogens (primary N) is 1. The summed E-state index contributed by atoms with van der Waals surface area (Å²) in [5, 5.41) is 6.73. The number of carbonyl (C=O) groups is 2. The number of hydrogen-bond acceptors (Lipinski definition) is 5. The Morgan fingerprint density at radius 2 is 2.09 bits per heavy atom. The third kappa shape index (κ3) is 2.49. The van der Waals surface area contributed by atoms with Crippen molar-refractivity contribution in [3.63, 3.8) is 0 Å². The Hall–Kier alpha value is -3.29. The van der Waals surface area contributed by atoms with E-state index in [4.69, 9.17) is 5.73 Å². The van der Waals surface area contributed by atoms with Gasteiger partial charge in [0.2, 0.25) is 11.7 Å². The minimum atomic E-state index is -0.568. The summed E-state index contributed by atoms with van der Waals surface area (Å²) in [4.78, 5) is 31.4. The first kappa shape index (κ1) is 13.7. The van der Waals surface area contributed by atoms with E-state index in [-0.39, 0.29) is 5.82 Å². The second kappa shape index (κ2) is 5.24. The molecule has 110 valence electrons.